The molecule has 3 aromatic rings. The van der Waals surface area contributed by atoms with Gasteiger partial charge in [0.2, 0.25) is 5.95 Å². The fraction of sp³-hybridized carbons (Fsp3) is 0.0714. The van der Waals surface area contributed by atoms with Crippen LogP contribution in [0.15, 0.2) is 34.8 Å². The molecule has 2 aromatic carbocycles. The molecule has 0 saturated heterocycles. The Labute approximate surface area is 134 Å². The molecule has 3 nitrogen and oxygen atoms in total. The highest BCUT2D eigenvalue weighted by atomic mass is 79.9. The van der Waals surface area contributed by atoms with Crippen LogP contribution >= 0.6 is 39.1 Å². The Bertz CT molecular complexity index is 827. The van der Waals surface area contributed by atoms with Crippen molar-refractivity contribution < 1.29 is 0 Å². The van der Waals surface area contributed by atoms with E-state index in [2.05, 4.69) is 20.9 Å². The quantitative estimate of drug-likeness (QED) is 0.656. The van der Waals surface area contributed by atoms with Gasteiger partial charge in [0, 0.05) is 4.47 Å². The van der Waals surface area contributed by atoms with Crippen molar-refractivity contribution in [2.24, 2.45) is 0 Å². The van der Waals surface area contributed by atoms with Crippen LogP contribution in [0.25, 0.3) is 16.7 Å². The molecular formula is C14H10BrCl2N3. The van der Waals surface area contributed by atoms with E-state index in [1.165, 1.54) is 0 Å². The highest BCUT2D eigenvalue weighted by Gasteiger charge is 2.14. The lowest BCUT2D eigenvalue weighted by Gasteiger charge is -2.10. The van der Waals surface area contributed by atoms with Gasteiger partial charge in [0.25, 0.3) is 0 Å². The summed E-state index contributed by atoms with van der Waals surface area (Å²) in [5, 5.41) is 0.941. The minimum atomic E-state index is 0.393. The topological polar surface area (TPSA) is 43.8 Å². The zero-order valence-corrected chi connectivity index (χ0v) is 13.6. The molecule has 0 spiro atoms. The maximum absolute atomic E-state index is 6.10. The maximum Gasteiger partial charge on any atom is 0.205 e. The lowest BCUT2D eigenvalue weighted by molar-refractivity contribution is 1.10. The number of fused-ring (bicyclic) bond motifs is 1. The van der Waals surface area contributed by atoms with Crippen molar-refractivity contribution in [2.75, 3.05) is 5.73 Å². The third-order valence-electron chi connectivity index (χ3n) is 3.07. The van der Waals surface area contributed by atoms with Crippen molar-refractivity contribution in [1.29, 1.82) is 0 Å². The Morgan fingerprint density at radius 3 is 2.60 bits per heavy atom. The van der Waals surface area contributed by atoms with Crippen LogP contribution in [0, 0.1) is 6.92 Å². The minimum absolute atomic E-state index is 0.393. The van der Waals surface area contributed by atoms with Crippen LogP contribution < -0.4 is 5.73 Å². The number of halogens is 3. The lowest BCUT2D eigenvalue weighted by Crippen LogP contribution is -2.01. The number of benzene rings is 2. The number of nitrogens with two attached hydrogens (primary N) is 1. The Morgan fingerprint density at radius 2 is 1.85 bits per heavy atom. The molecule has 20 heavy (non-hydrogen) atoms. The molecule has 0 bridgehead atoms. The number of hydrogen-bond acceptors (Lipinski definition) is 2. The SMILES string of the molecule is Cc1ccc(Br)c(-n2c(N)nc3cc(Cl)c(Cl)cc32)c1. The van der Waals surface area contributed by atoms with Crippen molar-refractivity contribution in [3.63, 3.8) is 0 Å². The fourth-order valence-electron chi connectivity index (χ4n) is 2.14. The van der Waals surface area contributed by atoms with Crippen LogP contribution in [0.2, 0.25) is 10.0 Å². The van der Waals surface area contributed by atoms with Gasteiger partial charge in [-0.1, -0.05) is 29.3 Å². The minimum Gasteiger partial charge on any atom is -0.369 e. The first kappa shape index (κ1) is 13.7. The summed E-state index contributed by atoms with van der Waals surface area (Å²) in [5.41, 5.74) is 9.63. The smallest absolute Gasteiger partial charge is 0.205 e. The number of nitrogen functional groups attached to an aromatic ring is 1. The summed E-state index contributed by atoms with van der Waals surface area (Å²) in [6.07, 6.45) is 0. The van der Waals surface area contributed by atoms with E-state index in [9.17, 15) is 0 Å². The third-order valence-corrected chi connectivity index (χ3v) is 4.46. The van der Waals surface area contributed by atoms with Gasteiger partial charge >= 0.3 is 0 Å². The molecule has 3 rings (SSSR count). The average Bonchev–Trinajstić information content (AvgIpc) is 2.69. The van der Waals surface area contributed by atoms with Crippen molar-refractivity contribution in [1.82, 2.24) is 9.55 Å². The van der Waals surface area contributed by atoms with E-state index in [0.29, 0.717) is 21.5 Å². The summed E-state index contributed by atoms with van der Waals surface area (Å²) in [6.45, 7) is 2.02. The normalized spacial score (nSPS) is 11.2. The Kier molecular flexibility index (Phi) is 3.40. The number of rotatable bonds is 1. The number of nitrogens with zero attached hydrogens (tertiary/aromatic N) is 2. The number of imidazole rings is 1. The second-order valence-electron chi connectivity index (χ2n) is 4.52. The zero-order valence-electron chi connectivity index (χ0n) is 10.5. The molecule has 6 heteroatoms. The van der Waals surface area contributed by atoms with E-state index in [4.69, 9.17) is 28.9 Å². The molecule has 0 aliphatic carbocycles. The summed E-state index contributed by atoms with van der Waals surface area (Å²) in [5.74, 6) is 0.393. The van der Waals surface area contributed by atoms with Crippen molar-refractivity contribution in [2.45, 2.75) is 6.92 Å². The van der Waals surface area contributed by atoms with E-state index in [-0.39, 0.29) is 0 Å². The van der Waals surface area contributed by atoms with Gasteiger partial charge in [0.15, 0.2) is 0 Å². The molecular weight excluding hydrogens is 361 g/mol. The van der Waals surface area contributed by atoms with Gasteiger partial charge in [-0.05, 0) is 52.7 Å². The van der Waals surface area contributed by atoms with Gasteiger partial charge in [-0.25, -0.2) is 4.98 Å². The fourth-order valence-corrected chi connectivity index (χ4v) is 2.88. The average molecular weight is 371 g/mol. The molecule has 102 valence electrons. The molecule has 0 unspecified atom stereocenters. The monoisotopic (exact) mass is 369 g/mol. The number of hydrogen-bond donors (Lipinski definition) is 1. The third kappa shape index (κ3) is 2.18. The largest absolute Gasteiger partial charge is 0.369 e. The van der Waals surface area contributed by atoms with Gasteiger partial charge in [-0.2, -0.15) is 0 Å². The van der Waals surface area contributed by atoms with Crippen LogP contribution in [-0.2, 0) is 0 Å². The first-order valence-corrected chi connectivity index (χ1v) is 7.42. The Hall–Kier alpha value is -1.23. The van der Waals surface area contributed by atoms with Gasteiger partial charge in [0.1, 0.15) is 0 Å². The second-order valence-corrected chi connectivity index (χ2v) is 6.18. The zero-order chi connectivity index (χ0) is 14.4. The predicted molar refractivity (Wildman–Crippen MR) is 87.9 cm³/mol. The summed E-state index contributed by atoms with van der Waals surface area (Å²) in [4.78, 5) is 4.34. The van der Waals surface area contributed by atoms with Gasteiger partial charge in [-0.3, -0.25) is 4.57 Å². The van der Waals surface area contributed by atoms with E-state index in [1.807, 2.05) is 29.7 Å². The van der Waals surface area contributed by atoms with Crippen LogP contribution in [-0.4, -0.2) is 9.55 Å². The lowest BCUT2D eigenvalue weighted by atomic mass is 10.2. The van der Waals surface area contributed by atoms with Crippen LogP contribution in [0.4, 0.5) is 5.95 Å². The number of anilines is 1. The number of aromatic nitrogens is 2. The van der Waals surface area contributed by atoms with E-state index in [1.54, 1.807) is 12.1 Å². The molecule has 0 amide bonds. The Balaban J connectivity index is 2.38. The molecule has 2 N–H and O–H groups in total. The van der Waals surface area contributed by atoms with Crippen LogP contribution in [0.5, 0.6) is 0 Å². The summed E-state index contributed by atoms with van der Waals surface area (Å²) in [7, 11) is 0. The number of aryl methyl sites for hydroxylation is 1. The van der Waals surface area contributed by atoms with Crippen LogP contribution in [0.1, 0.15) is 5.56 Å². The van der Waals surface area contributed by atoms with E-state index >= 15 is 0 Å². The molecule has 0 atom stereocenters. The highest BCUT2D eigenvalue weighted by molar-refractivity contribution is 9.10. The molecule has 0 radical (unpaired) electrons. The molecule has 0 saturated carbocycles. The van der Waals surface area contributed by atoms with E-state index < -0.39 is 0 Å². The van der Waals surface area contributed by atoms with Gasteiger partial charge in [-0.15, -0.1) is 0 Å². The van der Waals surface area contributed by atoms with E-state index in [0.717, 1.165) is 21.2 Å². The van der Waals surface area contributed by atoms with Crippen molar-refractivity contribution >= 4 is 56.1 Å². The second kappa shape index (κ2) is 4.95. The first-order chi connectivity index (χ1) is 9.47. The maximum atomic E-state index is 6.10. The predicted octanol–water partition coefficient (Wildman–Crippen LogP) is 4.99. The van der Waals surface area contributed by atoms with Crippen molar-refractivity contribution in [3.8, 4) is 5.69 Å². The molecule has 0 aliphatic heterocycles. The van der Waals surface area contributed by atoms with Crippen LogP contribution in [0.3, 0.4) is 0 Å². The molecule has 0 aliphatic rings. The van der Waals surface area contributed by atoms with Gasteiger partial charge < -0.3 is 5.73 Å². The summed E-state index contributed by atoms with van der Waals surface area (Å²) >= 11 is 15.7. The van der Waals surface area contributed by atoms with Crippen molar-refractivity contribution in [3.05, 3.63) is 50.4 Å². The first-order valence-electron chi connectivity index (χ1n) is 5.87. The Morgan fingerprint density at radius 1 is 1.15 bits per heavy atom. The summed E-state index contributed by atoms with van der Waals surface area (Å²) in [6, 6.07) is 9.53. The molecule has 1 heterocycles. The highest BCUT2D eigenvalue weighted by Crippen LogP contribution is 2.33. The molecule has 0 fully saturated rings. The standard InChI is InChI=1S/C14H10BrCl2N3/c1-7-2-3-8(15)12(4-7)20-13-6-10(17)9(16)5-11(13)19-14(20)18/h2-6H,1H3,(H2,18,19). The molecule has 1 aromatic heterocycles. The van der Waals surface area contributed by atoms with Gasteiger partial charge in [0.05, 0.1) is 26.8 Å². The summed E-state index contributed by atoms with van der Waals surface area (Å²) < 4.78 is 2.79.